The molecule has 6 heteroatoms. The van der Waals surface area contributed by atoms with Crippen LogP contribution in [0.25, 0.3) is 10.2 Å². The zero-order chi connectivity index (χ0) is 14.1. The van der Waals surface area contributed by atoms with E-state index in [9.17, 15) is 0 Å². The van der Waals surface area contributed by atoms with Crippen molar-refractivity contribution in [1.82, 2.24) is 14.8 Å². The second-order valence-corrected chi connectivity index (χ2v) is 6.56. The van der Waals surface area contributed by atoms with Crippen LogP contribution >= 0.6 is 27.3 Å². The normalized spacial score (nSPS) is 11.2. The molecule has 0 atom stereocenters. The van der Waals surface area contributed by atoms with Gasteiger partial charge in [0.1, 0.15) is 0 Å². The SMILES string of the molecule is CCc1nn(C)cc1CNc1nc2ccc(Br)cc2s1. The molecule has 1 N–H and O–H groups in total. The maximum absolute atomic E-state index is 4.59. The molecule has 2 heterocycles. The number of fused-ring (bicyclic) bond motifs is 1. The van der Waals surface area contributed by atoms with Crippen molar-refractivity contribution in [1.29, 1.82) is 0 Å². The van der Waals surface area contributed by atoms with Gasteiger partial charge in [0.25, 0.3) is 0 Å². The fourth-order valence-electron chi connectivity index (χ4n) is 2.17. The first-order chi connectivity index (χ1) is 9.65. The van der Waals surface area contributed by atoms with E-state index in [4.69, 9.17) is 0 Å². The van der Waals surface area contributed by atoms with Crippen molar-refractivity contribution in [3.63, 3.8) is 0 Å². The van der Waals surface area contributed by atoms with Gasteiger partial charge in [-0.25, -0.2) is 4.98 Å². The van der Waals surface area contributed by atoms with Gasteiger partial charge in [-0.15, -0.1) is 0 Å². The van der Waals surface area contributed by atoms with E-state index in [1.165, 1.54) is 10.3 Å². The van der Waals surface area contributed by atoms with E-state index >= 15 is 0 Å². The number of hydrogen-bond acceptors (Lipinski definition) is 4. The molecule has 0 bridgehead atoms. The highest BCUT2D eigenvalue weighted by Crippen LogP contribution is 2.28. The number of halogens is 1. The Balaban J connectivity index is 1.79. The Morgan fingerprint density at radius 2 is 2.25 bits per heavy atom. The summed E-state index contributed by atoms with van der Waals surface area (Å²) in [6, 6.07) is 6.14. The van der Waals surface area contributed by atoms with Gasteiger partial charge in [-0.2, -0.15) is 5.10 Å². The molecule has 104 valence electrons. The third-order valence-corrected chi connectivity index (χ3v) is 4.58. The maximum Gasteiger partial charge on any atom is 0.184 e. The monoisotopic (exact) mass is 350 g/mol. The molecule has 0 spiro atoms. The summed E-state index contributed by atoms with van der Waals surface area (Å²) in [5.41, 5.74) is 3.40. The van der Waals surface area contributed by atoms with E-state index in [2.05, 4.69) is 50.5 Å². The lowest BCUT2D eigenvalue weighted by molar-refractivity contribution is 0.746. The number of benzene rings is 1. The van der Waals surface area contributed by atoms with Crippen molar-refractivity contribution < 1.29 is 0 Å². The van der Waals surface area contributed by atoms with Gasteiger partial charge in [-0.1, -0.05) is 34.2 Å². The molecule has 0 aliphatic carbocycles. The first-order valence-electron chi connectivity index (χ1n) is 6.47. The van der Waals surface area contributed by atoms with Gasteiger partial charge in [-0.3, -0.25) is 4.68 Å². The number of anilines is 1. The predicted octanol–water partition coefficient (Wildman–Crippen LogP) is 3.97. The Hall–Kier alpha value is -1.40. The van der Waals surface area contributed by atoms with Crippen LogP contribution in [-0.4, -0.2) is 14.8 Å². The molecule has 0 fully saturated rings. The number of hydrogen-bond donors (Lipinski definition) is 1. The molecule has 0 radical (unpaired) electrons. The molecule has 4 nitrogen and oxygen atoms in total. The summed E-state index contributed by atoms with van der Waals surface area (Å²) in [6.45, 7) is 2.89. The number of rotatable bonds is 4. The quantitative estimate of drug-likeness (QED) is 0.774. The fourth-order valence-corrected chi connectivity index (χ4v) is 3.59. The van der Waals surface area contributed by atoms with Crippen LogP contribution in [0.4, 0.5) is 5.13 Å². The maximum atomic E-state index is 4.59. The van der Waals surface area contributed by atoms with Crippen molar-refractivity contribution in [3.05, 3.63) is 40.1 Å². The Bertz CT molecular complexity index is 747. The number of aromatic nitrogens is 3. The zero-order valence-corrected chi connectivity index (χ0v) is 13.8. The predicted molar refractivity (Wildman–Crippen MR) is 87.2 cm³/mol. The molecule has 3 aromatic rings. The highest BCUT2D eigenvalue weighted by Gasteiger charge is 2.08. The highest BCUT2D eigenvalue weighted by molar-refractivity contribution is 9.10. The van der Waals surface area contributed by atoms with Crippen LogP contribution in [0, 0.1) is 0 Å². The Morgan fingerprint density at radius 1 is 1.40 bits per heavy atom. The second-order valence-electron chi connectivity index (χ2n) is 4.61. The molecule has 0 saturated carbocycles. The lowest BCUT2D eigenvalue weighted by atomic mass is 10.2. The summed E-state index contributed by atoms with van der Waals surface area (Å²) < 4.78 is 4.13. The van der Waals surface area contributed by atoms with Crippen molar-refractivity contribution >= 4 is 42.6 Å². The summed E-state index contributed by atoms with van der Waals surface area (Å²) in [5, 5.41) is 8.79. The molecule has 0 aliphatic rings. The van der Waals surface area contributed by atoms with E-state index in [1.54, 1.807) is 11.3 Å². The van der Waals surface area contributed by atoms with Crippen LogP contribution in [0.1, 0.15) is 18.2 Å². The molecule has 3 rings (SSSR count). The minimum atomic E-state index is 0.762. The van der Waals surface area contributed by atoms with E-state index in [1.807, 2.05) is 23.9 Å². The molecule has 1 aromatic carbocycles. The Kier molecular flexibility index (Phi) is 3.76. The van der Waals surface area contributed by atoms with E-state index in [0.29, 0.717) is 0 Å². The average Bonchev–Trinajstić information content (AvgIpc) is 2.98. The first-order valence-corrected chi connectivity index (χ1v) is 8.08. The standard InChI is InChI=1S/C14H15BrN4S/c1-3-11-9(8-19(2)18-11)7-16-14-17-12-5-4-10(15)6-13(12)20-14/h4-6,8H,3,7H2,1-2H3,(H,16,17). The smallest absolute Gasteiger partial charge is 0.184 e. The molecule has 0 aliphatic heterocycles. The summed E-state index contributed by atoms with van der Waals surface area (Å²) in [4.78, 5) is 4.59. The lowest BCUT2D eigenvalue weighted by Crippen LogP contribution is -2.00. The van der Waals surface area contributed by atoms with Gasteiger partial charge < -0.3 is 5.32 Å². The summed E-state index contributed by atoms with van der Waals surface area (Å²) in [7, 11) is 1.96. The third-order valence-electron chi connectivity index (χ3n) is 3.11. The number of nitrogens with one attached hydrogen (secondary N) is 1. The molecule has 0 saturated heterocycles. The molecule has 0 unspecified atom stereocenters. The van der Waals surface area contributed by atoms with Crippen LogP contribution in [0.2, 0.25) is 0 Å². The van der Waals surface area contributed by atoms with E-state index in [-0.39, 0.29) is 0 Å². The largest absolute Gasteiger partial charge is 0.357 e. The third kappa shape index (κ3) is 2.71. The lowest BCUT2D eigenvalue weighted by Gasteiger charge is -2.01. The fraction of sp³-hybridized carbons (Fsp3) is 0.286. The van der Waals surface area contributed by atoms with Crippen LogP contribution in [-0.2, 0) is 20.0 Å². The summed E-state index contributed by atoms with van der Waals surface area (Å²) in [6.07, 6.45) is 3.01. The average molecular weight is 351 g/mol. The number of thiazole rings is 1. The minimum Gasteiger partial charge on any atom is -0.357 e. The molecule has 20 heavy (non-hydrogen) atoms. The van der Waals surface area contributed by atoms with E-state index in [0.717, 1.165) is 33.8 Å². The van der Waals surface area contributed by atoms with Crippen molar-refractivity contribution in [2.24, 2.45) is 7.05 Å². The summed E-state index contributed by atoms with van der Waals surface area (Å²) >= 11 is 5.16. The van der Waals surface area contributed by atoms with Crippen LogP contribution in [0.3, 0.4) is 0 Å². The van der Waals surface area contributed by atoms with Gasteiger partial charge in [0.15, 0.2) is 5.13 Å². The van der Waals surface area contributed by atoms with Gasteiger partial charge in [-0.05, 0) is 24.6 Å². The minimum absolute atomic E-state index is 0.762. The summed E-state index contributed by atoms with van der Waals surface area (Å²) in [5.74, 6) is 0. The Labute approximate surface area is 130 Å². The van der Waals surface area contributed by atoms with E-state index < -0.39 is 0 Å². The first kappa shape index (κ1) is 13.6. The van der Waals surface area contributed by atoms with Crippen molar-refractivity contribution in [2.75, 3.05) is 5.32 Å². The van der Waals surface area contributed by atoms with Gasteiger partial charge in [0.2, 0.25) is 0 Å². The van der Waals surface area contributed by atoms with Gasteiger partial charge >= 0.3 is 0 Å². The van der Waals surface area contributed by atoms with Gasteiger partial charge in [0.05, 0.1) is 15.9 Å². The number of aryl methyl sites for hydroxylation is 2. The van der Waals surface area contributed by atoms with Crippen LogP contribution in [0.15, 0.2) is 28.9 Å². The van der Waals surface area contributed by atoms with Crippen LogP contribution < -0.4 is 5.32 Å². The molecular weight excluding hydrogens is 336 g/mol. The topological polar surface area (TPSA) is 42.7 Å². The second kappa shape index (κ2) is 5.54. The zero-order valence-electron chi connectivity index (χ0n) is 11.4. The Morgan fingerprint density at radius 3 is 3.05 bits per heavy atom. The molecular formula is C14H15BrN4S. The number of nitrogens with zero attached hydrogens (tertiary/aromatic N) is 3. The van der Waals surface area contributed by atoms with Crippen LogP contribution in [0.5, 0.6) is 0 Å². The van der Waals surface area contributed by atoms with Crippen molar-refractivity contribution in [3.8, 4) is 0 Å². The molecule has 2 aromatic heterocycles. The van der Waals surface area contributed by atoms with Crippen molar-refractivity contribution in [2.45, 2.75) is 19.9 Å². The molecule has 0 amide bonds. The highest BCUT2D eigenvalue weighted by atomic mass is 79.9. The van der Waals surface area contributed by atoms with Gasteiger partial charge in [0, 0.05) is 29.8 Å².